The highest BCUT2D eigenvalue weighted by atomic mass is 19.4. The predicted octanol–water partition coefficient (Wildman–Crippen LogP) is 4.31. The van der Waals surface area contributed by atoms with Crippen molar-refractivity contribution in [2.45, 2.75) is 51.9 Å². The number of benzene rings is 1. The third-order valence-electron chi connectivity index (χ3n) is 5.92. The number of carbonyl (C=O) groups excluding carboxylic acids is 1. The van der Waals surface area contributed by atoms with Crippen molar-refractivity contribution in [1.82, 2.24) is 15.2 Å². The quantitative estimate of drug-likeness (QED) is 0.779. The standard InChI is InChI=1S/C21H25F3N4O.C2H6/c1-13-10-14(26-17-7-9-27(2)20(17)29)12-28(11-13)18-6-5-16(21(22,23)24)19-15(18)4-3-8-25-19;1-2/h3-6,8,13-14,17,26H,7,9-12H2,1-2H3;1-2H3. The number of alkyl halides is 3. The molecule has 31 heavy (non-hydrogen) atoms. The van der Waals surface area contributed by atoms with Crippen LogP contribution in [0.1, 0.15) is 39.2 Å². The highest BCUT2D eigenvalue weighted by Gasteiger charge is 2.36. The van der Waals surface area contributed by atoms with Crippen molar-refractivity contribution in [2.75, 3.05) is 31.6 Å². The van der Waals surface area contributed by atoms with E-state index in [9.17, 15) is 18.0 Å². The lowest BCUT2D eigenvalue weighted by atomic mass is 9.94. The van der Waals surface area contributed by atoms with Gasteiger partial charge in [0.25, 0.3) is 0 Å². The van der Waals surface area contributed by atoms with Crippen LogP contribution in [0.15, 0.2) is 30.5 Å². The Bertz CT molecular complexity index is 917. The number of anilines is 1. The first kappa shape index (κ1) is 23.3. The fourth-order valence-electron chi connectivity index (χ4n) is 4.59. The van der Waals surface area contributed by atoms with Gasteiger partial charge in [0.05, 0.1) is 17.1 Å². The first-order valence-electron chi connectivity index (χ1n) is 10.9. The SMILES string of the molecule is CC.CC1CC(NC2CCN(C)C2=O)CN(c2ccc(C(F)(F)F)c3ncccc23)C1. The lowest BCUT2D eigenvalue weighted by Gasteiger charge is -2.39. The van der Waals surface area contributed by atoms with Crippen molar-refractivity contribution in [3.8, 4) is 0 Å². The van der Waals surface area contributed by atoms with Gasteiger partial charge in [0, 0.05) is 50.0 Å². The van der Waals surface area contributed by atoms with Gasteiger partial charge in [-0.2, -0.15) is 13.2 Å². The number of fused-ring (bicyclic) bond motifs is 1. The second-order valence-electron chi connectivity index (χ2n) is 8.24. The van der Waals surface area contributed by atoms with Gasteiger partial charge < -0.3 is 15.1 Å². The van der Waals surface area contributed by atoms with Crippen LogP contribution in [0, 0.1) is 5.92 Å². The molecule has 2 fully saturated rings. The molecule has 0 radical (unpaired) electrons. The monoisotopic (exact) mass is 436 g/mol. The zero-order valence-corrected chi connectivity index (χ0v) is 18.5. The minimum atomic E-state index is -4.45. The Kier molecular flexibility index (Phi) is 7.09. The van der Waals surface area contributed by atoms with Gasteiger partial charge in [0.2, 0.25) is 5.91 Å². The van der Waals surface area contributed by atoms with Crippen LogP contribution < -0.4 is 10.2 Å². The van der Waals surface area contributed by atoms with Gasteiger partial charge in [-0.15, -0.1) is 0 Å². The Morgan fingerprint density at radius 2 is 1.90 bits per heavy atom. The molecule has 1 N–H and O–H groups in total. The molecule has 3 atom stereocenters. The zero-order valence-electron chi connectivity index (χ0n) is 18.5. The van der Waals surface area contributed by atoms with Crippen LogP contribution >= 0.6 is 0 Å². The topological polar surface area (TPSA) is 48.5 Å². The number of amides is 1. The summed E-state index contributed by atoms with van der Waals surface area (Å²) >= 11 is 0. The maximum atomic E-state index is 13.4. The van der Waals surface area contributed by atoms with E-state index in [1.165, 1.54) is 6.20 Å². The molecule has 2 aliphatic rings. The van der Waals surface area contributed by atoms with Gasteiger partial charge in [-0.1, -0.05) is 20.8 Å². The Hall–Kier alpha value is -2.35. The summed E-state index contributed by atoms with van der Waals surface area (Å²) in [6.45, 7) is 8.28. The molecule has 170 valence electrons. The zero-order chi connectivity index (χ0) is 22.8. The average Bonchev–Trinajstić information content (AvgIpc) is 3.05. The first-order chi connectivity index (χ1) is 14.7. The number of likely N-dealkylation sites (tertiary alicyclic amines) is 1. The Morgan fingerprint density at radius 1 is 1.16 bits per heavy atom. The van der Waals surface area contributed by atoms with Gasteiger partial charge in [-0.3, -0.25) is 9.78 Å². The van der Waals surface area contributed by atoms with Crippen LogP contribution in [0.2, 0.25) is 0 Å². The number of rotatable bonds is 3. The summed E-state index contributed by atoms with van der Waals surface area (Å²) in [7, 11) is 1.81. The molecule has 2 aliphatic heterocycles. The fraction of sp³-hybridized carbons (Fsp3) is 0.565. The van der Waals surface area contributed by atoms with Crippen molar-refractivity contribution in [2.24, 2.45) is 5.92 Å². The number of aromatic nitrogens is 1. The van der Waals surface area contributed by atoms with E-state index in [2.05, 4.69) is 22.1 Å². The molecular formula is C23H31F3N4O. The van der Waals surface area contributed by atoms with Crippen LogP contribution in [-0.4, -0.2) is 54.6 Å². The van der Waals surface area contributed by atoms with E-state index < -0.39 is 11.7 Å². The Labute approximate surface area is 181 Å². The lowest BCUT2D eigenvalue weighted by Crippen LogP contribution is -2.53. The van der Waals surface area contributed by atoms with Crippen molar-refractivity contribution in [3.05, 3.63) is 36.0 Å². The molecule has 0 saturated carbocycles. The van der Waals surface area contributed by atoms with Crippen molar-refractivity contribution in [3.63, 3.8) is 0 Å². The predicted molar refractivity (Wildman–Crippen MR) is 117 cm³/mol. The molecule has 4 rings (SSSR count). The van der Waals surface area contributed by atoms with Crippen molar-refractivity contribution >= 4 is 22.5 Å². The third-order valence-corrected chi connectivity index (χ3v) is 5.92. The van der Waals surface area contributed by atoms with E-state index in [0.29, 0.717) is 17.8 Å². The van der Waals surface area contributed by atoms with Gasteiger partial charge in [-0.25, -0.2) is 0 Å². The van der Waals surface area contributed by atoms with E-state index in [1.807, 2.05) is 13.8 Å². The molecule has 8 heteroatoms. The third kappa shape index (κ3) is 4.95. The van der Waals surface area contributed by atoms with Crippen LogP contribution in [0.5, 0.6) is 0 Å². The lowest BCUT2D eigenvalue weighted by molar-refractivity contribution is -0.136. The van der Waals surface area contributed by atoms with Crippen LogP contribution in [0.25, 0.3) is 10.9 Å². The summed E-state index contributed by atoms with van der Waals surface area (Å²) in [6.07, 6.45) is -1.33. The summed E-state index contributed by atoms with van der Waals surface area (Å²) in [5.41, 5.74) is 0.0262. The number of carbonyl (C=O) groups is 1. The number of nitrogens with zero attached hydrogens (tertiary/aromatic N) is 3. The van der Waals surface area contributed by atoms with Gasteiger partial charge in [0.15, 0.2) is 0 Å². The van der Waals surface area contributed by atoms with Crippen LogP contribution in [0.3, 0.4) is 0 Å². The van der Waals surface area contributed by atoms with E-state index >= 15 is 0 Å². The van der Waals surface area contributed by atoms with Crippen LogP contribution in [0.4, 0.5) is 18.9 Å². The Balaban J connectivity index is 0.00000132. The number of piperidine rings is 1. The normalized spacial score (nSPS) is 24.4. The highest BCUT2D eigenvalue weighted by molar-refractivity contribution is 5.94. The molecule has 0 bridgehead atoms. The second-order valence-corrected chi connectivity index (χ2v) is 8.24. The first-order valence-corrected chi connectivity index (χ1v) is 10.9. The average molecular weight is 437 g/mol. The van der Waals surface area contributed by atoms with Gasteiger partial charge in [-0.05, 0) is 43.0 Å². The van der Waals surface area contributed by atoms with Gasteiger partial charge >= 0.3 is 6.18 Å². The summed E-state index contributed by atoms with van der Waals surface area (Å²) < 4.78 is 40.2. The molecule has 1 amide bonds. The molecule has 0 spiro atoms. The van der Waals surface area contributed by atoms with E-state index in [-0.39, 0.29) is 23.5 Å². The number of hydrogen-bond donors (Lipinski definition) is 1. The summed E-state index contributed by atoms with van der Waals surface area (Å²) in [5, 5.41) is 3.99. The van der Waals surface area contributed by atoms with E-state index in [0.717, 1.165) is 37.7 Å². The number of halogens is 3. The van der Waals surface area contributed by atoms with Gasteiger partial charge in [0.1, 0.15) is 0 Å². The number of nitrogens with one attached hydrogen (secondary N) is 1. The summed E-state index contributed by atoms with van der Waals surface area (Å²) in [6, 6.07) is 5.97. The number of likely N-dealkylation sites (N-methyl/N-ethyl adjacent to an activating group) is 1. The second kappa shape index (κ2) is 9.42. The van der Waals surface area contributed by atoms with Crippen molar-refractivity contribution in [1.29, 1.82) is 0 Å². The molecule has 2 aromatic rings. The molecule has 1 aromatic heterocycles. The number of hydrogen-bond acceptors (Lipinski definition) is 4. The summed E-state index contributed by atoms with van der Waals surface area (Å²) in [4.78, 5) is 20.1. The maximum Gasteiger partial charge on any atom is 0.418 e. The largest absolute Gasteiger partial charge is 0.418 e. The molecule has 3 heterocycles. The molecule has 2 saturated heterocycles. The smallest absolute Gasteiger partial charge is 0.369 e. The highest BCUT2D eigenvalue weighted by Crippen LogP contribution is 2.38. The number of pyridine rings is 1. The van der Waals surface area contributed by atoms with E-state index in [4.69, 9.17) is 0 Å². The minimum Gasteiger partial charge on any atom is -0.369 e. The fourth-order valence-corrected chi connectivity index (χ4v) is 4.59. The molecule has 0 aliphatic carbocycles. The van der Waals surface area contributed by atoms with Crippen LogP contribution in [-0.2, 0) is 11.0 Å². The van der Waals surface area contributed by atoms with E-state index in [1.54, 1.807) is 30.1 Å². The molecule has 5 nitrogen and oxygen atoms in total. The molecular weight excluding hydrogens is 405 g/mol. The molecule has 1 aromatic carbocycles. The maximum absolute atomic E-state index is 13.4. The summed E-state index contributed by atoms with van der Waals surface area (Å²) in [5.74, 6) is 0.462. The van der Waals surface area contributed by atoms with Crippen molar-refractivity contribution < 1.29 is 18.0 Å². The Morgan fingerprint density at radius 3 is 2.55 bits per heavy atom. The molecule has 3 unspecified atom stereocenters. The minimum absolute atomic E-state index is 0.0205.